The fraction of sp³-hybridized carbons (Fsp3) is 0.200. The molecule has 0 spiro atoms. The van der Waals surface area contributed by atoms with Crippen LogP contribution in [0.1, 0.15) is 22.8 Å². The summed E-state index contributed by atoms with van der Waals surface area (Å²) >= 11 is 0. The second kappa shape index (κ2) is 4.22. The molecule has 0 radical (unpaired) electrons. The van der Waals surface area contributed by atoms with Gasteiger partial charge < -0.3 is 9.84 Å². The molecule has 0 saturated heterocycles. The molecule has 1 heterocycles. The Kier molecular flexibility index (Phi) is 2.57. The molecule has 0 aliphatic carbocycles. The number of fused-ring (bicyclic) bond motifs is 1. The van der Waals surface area contributed by atoms with Gasteiger partial charge in [0.15, 0.2) is 0 Å². The number of rotatable bonds is 1. The molecule has 17 heavy (non-hydrogen) atoms. The van der Waals surface area contributed by atoms with Crippen LogP contribution in [0.4, 0.5) is 0 Å². The van der Waals surface area contributed by atoms with Gasteiger partial charge in [0.2, 0.25) is 0 Å². The predicted octanol–water partition coefficient (Wildman–Crippen LogP) is 3.21. The third kappa shape index (κ3) is 1.92. The van der Waals surface area contributed by atoms with Crippen molar-refractivity contribution in [1.29, 1.82) is 0 Å². The molecule has 3 rings (SSSR count). The van der Waals surface area contributed by atoms with Crippen molar-refractivity contribution in [1.82, 2.24) is 0 Å². The lowest BCUT2D eigenvalue weighted by Gasteiger charge is -2.26. The summed E-state index contributed by atoms with van der Waals surface area (Å²) in [5.41, 5.74) is 3.31. The average Bonchev–Trinajstić information content (AvgIpc) is 2.40. The monoisotopic (exact) mass is 226 g/mol. The Morgan fingerprint density at radius 2 is 1.82 bits per heavy atom. The molecular weight excluding hydrogens is 212 g/mol. The van der Waals surface area contributed by atoms with Crippen molar-refractivity contribution >= 4 is 0 Å². The molecule has 0 fully saturated rings. The molecule has 1 aliphatic rings. The number of hydrogen-bond donors (Lipinski definition) is 1. The van der Waals surface area contributed by atoms with Crippen molar-refractivity contribution in [2.45, 2.75) is 19.1 Å². The zero-order valence-electron chi connectivity index (χ0n) is 9.47. The highest BCUT2D eigenvalue weighted by atomic mass is 16.5. The number of aromatic hydroxyl groups is 1. The standard InChI is InChI=1S/C15H14O2/c16-14-8-4-7-12-9-15(17-10-13(12)14)11-5-2-1-3-6-11/h1-8,15-16H,9-10H2. The van der Waals surface area contributed by atoms with Crippen LogP contribution in [0.5, 0.6) is 5.75 Å². The first kappa shape index (κ1) is 10.4. The van der Waals surface area contributed by atoms with Crippen LogP contribution < -0.4 is 0 Å². The van der Waals surface area contributed by atoms with Crippen molar-refractivity contribution in [3.8, 4) is 5.75 Å². The van der Waals surface area contributed by atoms with E-state index in [0.29, 0.717) is 12.4 Å². The second-order valence-electron chi connectivity index (χ2n) is 4.33. The van der Waals surface area contributed by atoms with Gasteiger partial charge in [-0.15, -0.1) is 0 Å². The summed E-state index contributed by atoms with van der Waals surface area (Å²) in [6, 6.07) is 15.9. The first-order valence-electron chi connectivity index (χ1n) is 5.81. The van der Waals surface area contributed by atoms with Crippen LogP contribution in [-0.2, 0) is 17.8 Å². The van der Waals surface area contributed by atoms with E-state index in [1.165, 1.54) is 11.1 Å². The number of benzene rings is 2. The first-order valence-corrected chi connectivity index (χ1v) is 5.81. The molecule has 2 nitrogen and oxygen atoms in total. The molecule has 0 bridgehead atoms. The van der Waals surface area contributed by atoms with Crippen LogP contribution in [-0.4, -0.2) is 5.11 Å². The number of hydrogen-bond acceptors (Lipinski definition) is 2. The molecule has 2 aromatic rings. The molecule has 2 aromatic carbocycles. The van der Waals surface area contributed by atoms with Gasteiger partial charge in [-0.25, -0.2) is 0 Å². The second-order valence-corrected chi connectivity index (χ2v) is 4.33. The molecule has 1 N–H and O–H groups in total. The van der Waals surface area contributed by atoms with Crippen LogP contribution in [0.15, 0.2) is 48.5 Å². The summed E-state index contributed by atoms with van der Waals surface area (Å²) < 4.78 is 5.81. The number of phenolic OH excluding ortho intramolecular Hbond substituents is 1. The van der Waals surface area contributed by atoms with Gasteiger partial charge in [-0.1, -0.05) is 42.5 Å². The highest BCUT2D eigenvalue weighted by Crippen LogP contribution is 2.34. The molecular formula is C15H14O2. The lowest BCUT2D eigenvalue weighted by molar-refractivity contribution is 0.0261. The van der Waals surface area contributed by atoms with E-state index in [1.54, 1.807) is 6.07 Å². The van der Waals surface area contributed by atoms with Crippen molar-refractivity contribution in [3.63, 3.8) is 0 Å². The Morgan fingerprint density at radius 1 is 1.00 bits per heavy atom. The normalized spacial score (nSPS) is 18.7. The van der Waals surface area contributed by atoms with Gasteiger partial charge in [-0.3, -0.25) is 0 Å². The van der Waals surface area contributed by atoms with Crippen molar-refractivity contribution in [3.05, 3.63) is 65.2 Å². The maximum Gasteiger partial charge on any atom is 0.121 e. The predicted molar refractivity (Wildman–Crippen MR) is 65.8 cm³/mol. The van der Waals surface area contributed by atoms with Gasteiger partial charge in [0.1, 0.15) is 5.75 Å². The Labute approximate surface area is 100 Å². The molecule has 1 atom stereocenters. The third-order valence-electron chi connectivity index (χ3n) is 3.25. The van der Waals surface area contributed by atoms with E-state index in [-0.39, 0.29) is 6.10 Å². The van der Waals surface area contributed by atoms with Crippen molar-refractivity contribution in [2.24, 2.45) is 0 Å². The van der Waals surface area contributed by atoms with Crippen molar-refractivity contribution in [2.75, 3.05) is 0 Å². The Balaban J connectivity index is 1.91. The molecule has 2 heteroatoms. The minimum Gasteiger partial charge on any atom is -0.508 e. The highest BCUT2D eigenvalue weighted by Gasteiger charge is 2.22. The van der Waals surface area contributed by atoms with Gasteiger partial charge in [-0.2, -0.15) is 0 Å². The van der Waals surface area contributed by atoms with Crippen molar-refractivity contribution < 1.29 is 9.84 Å². The van der Waals surface area contributed by atoms with E-state index in [9.17, 15) is 5.11 Å². The molecule has 0 aromatic heterocycles. The van der Waals surface area contributed by atoms with E-state index in [4.69, 9.17) is 4.74 Å². The van der Waals surface area contributed by atoms with E-state index in [0.717, 1.165) is 12.0 Å². The summed E-state index contributed by atoms with van der Waals surface area (Å²) in [5.74, 6) is 0.342. The van der Waals surface area contributed by atoms with E-state index >= 15 is 0 Å². The summed E-state index contributed by atoms with van der Waals surface area (Å²) in [6.45, 7) is 0.488. The third-order valence-corrected chi connectivity index (χ3v) is 3.25. The van der Waals surface area contributed by atoms with Crippen LogP contribution in [0.3, 0.4) is 0 Å². The lowest BCUT2D eigenvalue weighted by Crippen LogP contribution is -2.15. The van der Waals surface area contributed by atoms with Crippen LogP contribution in [0.25, 0.3) is 0 Å². The Morgan fingerprint density at radius 3 is 2.65 bits per heavy atom. The minimum absolute atomic E-state index is 0.102. The van der Waals surface area contributed by atoms with Crippen LogP contribution in [0.2, 0.25) is 0 Å². The Bertz CT molecular complexity index is 520. The quantitative estimate of drug-likeness (QED) is 0.809. The molecule has 0 saturated carbocycles. The van der Waals surface area contributed by atoms with Crippen LogP contribution >= 0.6 is 0 Å². The average molecular weight is 226 g/mol. The largest absolute Gasteiger partial charge is 0.508 e. The zero-order valence-corrected chi connectivity index (χ0v) is 9.47. The maximum absolute atomic E-state index is 9.73. The molecule has 1 unspecified atom stereocenters. The fourth-order valence-corrected chi connectivity index (χ4v) is 2.30. The van der Waals surface area contributed by atoms with E-state index < -0.39 is 0 Å². The van der Waals surface area contributed by atoms with Gasteiger partial charge >= 0.3 is 0 Å². The molecule has 1 aliphatic heterocycles. The SMILES string of the molecule is Oc1cccc2c1COC(c1ccccc1)C2. The minimum atomic E-state index is 0.102. The summed E-state index contributed by atoms with van der Waals surface area (Å²) in [6.07, 6.45) is 0.929. The van der Waals surface area contributed by atoms with Gasteiger partial charge in [0, 0.05) is 12.0 Å². The topological polar surface area (TPSA) is 29.5 Å². The van der Waals surface area contributed by atoms with E-state index in [2.05, 4.69) is 18.2 Å². The fourth-order valence-electron chi connectivity index (χ4n) is 2.30. The first-order chi connectivity index (χ1) is 8.34. The van der Waals surface area contributed by atoms with Crippen LogP contribution in [0, 0.1) is 0 Å². The smallest absolute Gasteiger partial charge is 0.121 e. The van der Waals surface area contributed by atoms with E-state index in [1.807, 2.05) is 24.3 Å². The van der Waals surface area contributed by atoms with Gasteiger partial charge in [0.25, 0.3) is 0 Å². The Hall–Kier alpha value is -1.80. The maximum atomic E-state index is 9.73. The zero-order chi connectivity index (χ0) is 11.7. The summed E-state index contributed by atoms with van der Waals surface area (Å²) in [7, 11) is 0. The summed E-state index contributed by atoms with van der Waals surface area (Å²) in [4.78, 5) is 0. The molecule has 0 amide bonds. The summed E-state index contributed by atoms with van der Waals surface area (Å²) in [5, 5.41) is 9.73. The lowest BCUT2D eigenvalue weighted by atomic mass is 9.94. The van der Waals surface area contributed by atoms with Gasteiger partial charge in [0.05, 0.1) is 12.7 Å². The number of phenols is 1. The highest BCUT2D eigenvalue weighted by molar-refractivity contribution is 5.41. The van der Waals surface area contributed by atoms with Gasteiger partial charge in [-0.05, 0) is 17.2 Å². The molecule has 86 valence electrons. The number of ether oxygens (including phenoxy) is 1.